The summed E-state index contributed by atoms with van der Waals surface area (Å²) in [5.41, 5.74) is 4.11. The number of aromatic amines is 1. The third-order valence-electron chi connectivity index (χ3n) is 6.58. The zero-order valence-corrected chi connectivity index (χ0v) is 17.1. The maximum Gasteiger partial charge on any atom is 0.230 e. The van der Waals surface area contributed by atoms with Gasteiger partial charge in [0.05, 0.1) is 5.69 Å². The third kappa shape index (κ3) is 2.99. The number of ketones is 1. The number of amides is 1. The molecule has 27 heavy (non-hydrogen) atoms. The van der Waals surface area contributed by atoms with Crippen LogP contribution in [-0.2, 0) is 11.2 Å². The molecule has 1 amide bonds. The topological polar surface area (TPSA) is 53.2 Å². The molecule has 0 radical (unpaired) electrons. The van der Waals surface area contributed by atoms with Crippen molar-refractivity contribution in [3.63, 3.8) is 0 Å². The average molecular weight is 367 g/mol. The number of H-pyrrole nitrogens is 1. The zero-order chi connectivity index (χ0) is 19.5. The molecule has 1 saturated carbocycles. The van der Waals surface area contributed by atoms with Gasteiger partial charge in [0.15, 0.2) is 5.78 Å². The first-order chi connectivity index (χ1) is 12.7. The number of hydrogen-bond acceptors (Lipinski definition) is 2. The summed E-state index contributed by atoms with van der Waals surface area (Å²) in [6.07, 6.45) is 2.71. The molecule has 1 aliphatic heterocycles. The van der Waals surface area contributed by atoms with Gasteiger partial charge in [0.25, 0.3) is 0 Å². The Hall–Kier alpha value is -2.10. The summed E-state index contributed by atoms with van der Waals surface area (Å²) in [4.78, 5) is 30.9. The predicted molar refractivity (Wildman–Crippen MR) is 109 cm³/mol. The number of hydrogen-bond donors (Lipinski definition) is 1. The van der Waals surface area contributed by atoms with Crippen LogP contribution in [0.4, 0.5) is 5.69 Å². The molecule has 1 aliphatic carbocycles. The van der Waals surface area contributed by atoms with Crippen LogP contribution < -0.4 is 4.90 Å². The van der Waals surface area contributed by atoms with Crippen molar-refractivity contribution in [3.8, 4) is 0 Å². The van der Waals surface area contributed by atoms with Crippen LogP contribution in [0.5, 0.6) is 0 Å². The van der Waals surface area contributed by atoms with Crippen LogP contribution in [0.15, 0.2) is 18.2 Å². The molecule has 1 aromatic carbocycles. The van der Waals surface area contributed by atoms with Gasteiger partial charge in [0, 0.05) is 35.0 Å². The number of fused-ring (bicyclic) bond motifs is 3. The van der Waals surface area contributed by atoms with Gasteiger partial charge in [0.1, 0.15) is 0 Å². The van der Waals surface area contributed by atoms with Gasteiger partial charge in [-0.2, -0.15) is 0 Å². The van der Waals surface area contributed by atoms with Gasteiger partial charge >= 0.3 is 0 Å². The zero-order valence-electron chi connectivity index (χ0n) is 17.1. The highest BCUT2D eigenvalue weighted by molar-refractivity contribution is 6.05. The maximum absolute atomic E-state index is 13.1. The Morgan fingerprint density at radius 2 is 2.04 bits per heavy atom. The summed E-state index contributed by atoms with van der Waals surface area (Å²) in [5.74, 6) is 1.12. The Kier molecular flexibility index (Phi) is 4.21. The van der Waals surface area contributed by atoms with Gasteiger partial charge in [-0.15, -0.1) is 0 Å². The fourth-order valence-electron chi connectivity index (χ4n) is 4.55. The number of nitrogens with one attached hydrogen (secondary N) is 1. The van der Waals surface area contributed by atoms with Crippen LogP contribution >= 0.6 is 0 Å². The highest BCUT2D eigenvalue weighted by atomic mass is 16.2. The largest absolute Gasteiger partial charge is 0.352 e. The van der Waals surface area contributed by atoms with Gasteiger partial charge in [0.2, 0.25) is 5.91 Å². The van der Waals surface area contributed by atoms with E-state index in [1.807, 2.05) is 36.9 Å². The number of rotatable bonds is 4. The number of carbonyl (C=O) groups is 2. The molecule has 144 valence electrons. The quantitative estimate of drug-likeness (QED) is 0.777. The number of aromatic nitrogens is 1. The number of nitrogens with zero attached hydrogens (tertiary/aromatic N) is 1. The SMILES string of the molecule is CCC(C)C(=O)c1cc2c3c(ccc2[nH]1)N(C(=O)C1CC1C(C)(C)C)CC3. The van der Waals surface area contributed by atoms with Crippen molar-refractivity contribution in [1.82, 2.24) is 4.98 Å². The lowest BCUT2D eigenvalue weighted by atomic mass is 9.89. The van der Waals surface area contributed by atoms with Crippen molar-refractivity contribution in [2.24, 2.45) is 23.2 Å². The van der Waals surface area contributed by atoms with Crippen molar-refractivity contribution in [2.45, 2.75) is 53.9 Å². The van der Waals surface area contributed by atoms with Crippen LogP contribution in [0.2, 0.25) is 0 Å². The summed E-state index contributed by atoms with van der Waals surface area (Å²) in [7, 11) is 0. The van der Waals surface area contributed by atoms with Crippen molar-refractivity contribution in [1.29, 1.82) is 0 Å². The molecule has 0 saturated heterocycles. The smallest absolute Gasteiger partial charge is 0.230 e. The van der Waals surface area contributed by atoms with E-state index in [1.165, 1.54) is 5.56 Å². The van der Waals surface area contributed by atoms with Crippen LogP contribution in [-0.4, -0.2) is 23.2 Å². The second-order valence-corrected chi connectivity index (χ2v) is 9.44. The monoisotopic (exact) mass is 366 g/mol. The molecule has 3 unspecified atom stereocenters. The minimum Gasteiger partial charge on any atom is -0.352 e. The summed E-state index contributed by atoms with van der Waals surface area (Å²) in [6, 6.07) is 6.05. The van der Waals surface area contributed by atoms with Crippen molar-refractivity contribution >= 4 is 28.3 Å². The van der Waals surface area contributed by atoms with Crippen molar-refractivity contribution in [2.75, 3.05) is 11.4 Å². The van der Waals surface area contributed by atoms with E-state index >= 15 is 0 Å². The molecule has 4 heteroatoms. The summed E-state index contributed by atoms with van der Waals surface area (Å²) >= 11 is 0. The molecule has 2 heterocycles. The summed E-state index contributed by atoms with van der Waals surface area (Å²) in [5, 5.41) is 1.10. The molecular weight excluding hydrogens is 336 g/mol. The lowest BCUT2D eigenvalue weighted by molar-refractivity contribution is -0.120. The van der Waals surface area contributed by atoms with Crippen LogP contribution in [0, 0.1) is 23.2 Å². The van der Waals surface area contributed by atoms with E-state index < -0.39 is 0 Å². The predicted octanol–water partition coefficient (Wildman–Crippen LogP) is 4.97. The molecule has 1 N–H and O–H groups in total. The summed E-state index contributed by atoms with van der Waals surface area (Å²) < 4.78 is 0. The molecule has 4 rings (SSSR count). The first kappa shape index (κ1) is 18.3. The summed E-state index contributed by atoms with van der Waals surface area (Å²) in [6.45, 7) is 11.4. The molecule has 1 fully saturated rings. The first-order valence-electron chi connectivity index (χ1n) is 10.2. The number of Topliss-reactive ketones (excluding diaryl/α,β-unsaturated/α-hetero) is 1. The molecule has 2 aromatic rings. The fraction of sp³-hybridized carbons (Fsp3) is 0.565. The normalized spacial score (nSPS) is 22.8. The Bertz CT molecular complexity index is 918. The van der Waals surface area contributed by atoms with Gasteiger partial charge in [-0.05, 0) is 54.4 Å². The molecule has 2 aliphatic rings. The van der Waals surface area contributed by atoms with Gasteiger partial charge in [-0.3, -0.25) is 9.59 Å². The second-order valence-electron chi connectivity index (χ2n) is 9.44. The van der Waals surface area contributed by atoms with E-state index in [-0.39, 0.29) is 28.9 Å². The Balaban J connectivity index is 1.63. The van der Waals surface area contributed by atoms with E-state index in [9.17, 15) is 9.59 Å². The van der Waals surface area contributed by atoms with Crippen molar-refractivity contribution in [3.05, 3.63) is 29.5 Å². The third-order valence-corrected chi connectivity index (χ3v) is 6.58. The van der Waals surface area contributed by atoms with Gasteiger partial charge < -0.3 is 9.88 Å². The first-order valence-corrected chi connectivity index (χ1v) is 10.2. The van der Waals surface area contributed by atoms with E-state index in [2.05, 4.69) is 25.8 Å². The standard InChI is InChI=1S/C23H30N2O2/c1-6-13(2)21(26)19-12-15-14-9-10-25(20(14)8-7-18(15)24-19)22(27)16-11-17(16)23(3,4)5/h7-8,12-13,16-17,24H,6,9-11H2,1-5H3. The molecule has 3 atom stereocenters. The van der Waals surface area contributed by atoms with E-state index in [0.29, 0.717) is 11.6 Å². The Morgan fingerprint density at radius 3 is 2.67 bits per heavy atom. The van der Waals surface area contributed by atoms with E-state index in [1.54, 1.807) is 0 Å². The Morgan fingerprint density at radius 1 is 1.30 bits per heavy atom. The molecule has 4 nitrogen and oxygen atoms in total. The Labute approximate surface area is 161 Å². The van der Waals surface area contributed by atoms with Gasteiger partial charge in [-0.25, -0.2) is 0 Å². The van der Waals surface area contributed by atoms with Gasteiger partial charge in [-0.1, -0.05) is 34.6 Å². The number of carbonyl (C=O) groups excluding carboxylic acids is 2. The minimum absolute atomic E-state index is 0.0217. The molecule has 1 aromatic heterocycles. The fourth-order valence-corrected chi connectivity index (χ4v) is 4.55. The van der Waals surface area contributed by atoms with Crippen LogP contribution in [0.3, 0.4) is 0 Å². The lowest BCUT2D eigenvalue weighted by Crippen LogP contribution is -2.31. The molecule has 0 spiro atoms. The molecular formula is C23H30N2O2. The second kappa shape index (κ2) is 6.22. The van der Waals surface area contributed by atoms with E-state index in [4.69, 9.17) is 0 Å². The number of benzene rings is 1. The highest BCUT2D eigenvalue weighted by Gasteiger charge is 2.51. The minimum atomic E-state index is 0.0217. The highest BCUT2D eigenvalue weighted by Crippen LogP contribution is 2.52. The average Bonchev–Trinajstić information content (AvgIpc) is 3.15. The van der Waals surface area contributed by atoms with Crippen LogP contribution in [0.25, 0.3) is 10.9 Å². The van der Waals surface area contributed by atoms with Crippen LogP contribution in [0.1, 0.15) is 63.5 Å². The number of anilines is 1. The van der Waals surface area contributed by atoms with E-state index in [0.717, 1.165) is 42.4 Å². The lowest BCUT2D eigenvalue weighted by Gasteiger charge is -2.21. The van der Waals surface area contributed by atoms with Crippen molar-refractivity contribution < 1.29 is 9.59 Å². The maximum atomic E-state index is 13.1. The molecule has 0 bridgehead atoms.